The summed E-state index contributed by atoms with van der Waals surface area (Å²) in [5.41, 5.74) is 2.22. The Morgan fingerprint density at radius 3 is 2.94 bits per heavy atom. The van der Waals surface area contributed by atoms with Crippen LogP contribution in [-0.2, 0) is 0 Å². The minimum Gasteiger partial charge on any atom is -0.384 e. The van der Waals surface area contributed by atoms with Gasteiger partial charge in [-0.05, 0) is 23.8 Å². The Morgan fingerprint density at radius 1 is 1.39 bits per heavy atom. The normalized spacial score (nSPS) is 26.5. The van der Waals surface area contributed by atoms with Gasteiger partial charge in [0.25, 0.3) is 0 Å². The lowest BCUT2D eigenvalue weighted by Crippen LogP contribution is -2.54. The summed E-state index contributed by atoms with van der Waals surface area (Å²) in [6.07, 6.45) is 0. The number of fused-ring (bicyclic) bond motifs is 3. The molecule has 2 unspecified atom stereocenters. The van der Waals surface area contributed by atoms with Crippen LogP contribution >= 0.6 is 11.6 Å². The summed E-state index contributed by atoms with van der Waals surface area (Å²) in [5, 5.41) is 4.14. The zero-order valence-corrected chi connectivity index (χ0v) is 11.2. The number of anilines is 1. The van der Waals surface area contributed by atoms with Crippen molar-refractivity contribution >= 4 is 23.3 Å². The quantitative estimate of drug-likeness (QED) is 0.782. The average molecular weight is 266 g/mol. The van der Waals surface area contributed by atoms with Gasteiger partial charge in [-0.1, -0.05) is 11.6 Å². The predicted octanol–water partition coefficient (Wildman–Crippen LogP) is 2.42. The molecule has 2 amide bonds. The van der Waals surface area contributed by atoms with Crippen LogP contribution in [0.3, 0.4) is 0 Å². The van der Waals surface area contributed by atoms with Gasteiger partial charge in [0.1, 0.15) is 0 Å². The molecule has 2 heterocycles. The van der Waals surface area contributed by atoms with Gasteiger partial charge in [0, 0.05) is 43.8 Å². The van der Waals surface area contributed by atoms with Gasteiger partial charge in [-0.25, -0.2) is 4.79 Å². The molecular weight excluding hydrogens is 250 g/mol. The van der Waals surface area contributed by atoms with Gasteiger partial charge in [0.2, 0.25) is 0 Å². The fourth-order valence-corrected chi connectivity index (χ4v) is 3.23. The number of carbonyl (C=O) groups excluding carboxylic acids is 1. The molecule has 2 aliphatic rings. The van der Waals surface area contributed by atoms with Crippen molar-refractivity contribution in [2.24, 2.45) is 5.92 Å². The highest BCUT2D eigenvalue weighted by Crippen LogP contribution is 2.41. The number of nitrogens with zero attached hydrogens (tertiary/aromatic N) is 2. The molecular formula is C13H16ClN3O. The van der Waals surface area contributed by atoms with Crippen molar-refractivity contribution in [1.29, 1.82) is 0 Å². The lowest BCUT2D eigenvalue weighted by atomic mass is 9.85. The highest BCUT2D eigenvalue weighted by molar-refractivity contribution is 6.30. The molecule has 1 aromatic rings. The third-order valence-corrected chi connectivity index (χ3v) is 4.12. The Bertz CT molecular complexity index is 505. The van der Waals surface area contributed by atoms with Crippen LogP contribution in [0.25, 0.3) is 0 Å². The first-order chi connectivity index (χ1) is 8.58. The number of urea groups is 1. The Hall–Kier alpha value is -1.42. The van der Waals surface area contributed by atoms with Gasteiger partial charge < -0.3 is 15.1 Å². The van der Waals surface area contributed by atoms with Gasteiger partial charge in [0.15, 0.2) is 0 Å². The molecule has 0 radical (unpaired) electrons. The van der Waals surface area contributed by atoms with Crippen LogP contribution in [0.1, 0.15) is 11.6 Å². The average Bonchev–Trinajstić information content (AvgIpc) is 2.35. The summed E-state index contributed by atoms with van der Waals surface area (Å²) < 4.78 is 0. The zero-order valence-electron chi connectivity index (χ0n) is 10.5. The van der Waals surface area contributed by atoms with Gasteiger partial charge in [-0.2, -0.15) is 0 Å². The van der Waals surface area contributed by atoms with E-state index >= 15 is 0 Å². The first kappa shape index (κ1) is 11.7. The number of amides is 2. The number of nitrogens with one attached hydrogen (secondary N) is 1. The molecule has 1 saturated heterocycles. The topological polar surface area (TPSA) is 35.6 Å². The van der Waals surface area contributed by atoms with Crippen LogP contribution in [0.4, 0.5) is 10.5 Å². The van der Waals surface area contributed by atoms with Crippen molar-refractivity contribution in [2.45, 2.75) is 6.04 Å². The molecule has 0 aromatic heterocycles. The maximum absolute atomic E-state index is 12.1. The van der Waals surface area contributed by atoms with Crippen LogP contribution < -0.4 is 5.32 Å². The molecule has 2 aliphatic heterocycles. The summed E-state index contributed by atoms with van der Waals surface area (Å²) in [7, 11) is 3.72. The van der Waals surface area contributed by atoms with E-state index in [0.29, 0.717) is 5.92 Å². The summed E-state index contributed by atoms with van der Waals surface area (Å²) in [4.78, 5) is 15.7. The highest BCUT2D eigenvalue weighted by atomic mass is 35.5. The van der Waals surface area contributed by atoms with Crippen molar-refractivity contribution in [3.63, 3.8) is 0 Å². The smallest absolute Gasteiger partial charge is 0.320 e. The second-order valence-electron chi connectivity index (χ2n) is 5.09. The maximum Gasteiger partial charge on any atom is 0.320 e. The largest absolute Gasteiger partial charge is 0.384 e. The van der Waals surface area contributed by atoms with Gasteiger partial charge in [0.05, 0.1) is 6.04 Å². The number of hydrogen-bond acceptors (Lipinski definition) is 2. The molecule has 18 heavy (non-hydrogen) atoms. The fourth-order valence-electron chi connectivity index (χ4n) is 3.05. The van der Waals surface area contributed by atoms with E-state index in [9.17, 15) is 4.79 Å². The number of hydrogen-bond donors (Lipinski definition) is 1. The Kier molecular flexibility index (Phi) is 2.63. The molecule has 1 fully saturated rings. The molecule has 0 saturated carbocycles. The first-order valence-electron chi connectivity index (χ1n) is 6.09. The van der Waals surface area contributed by atoms with Crippen molar-refractivity contribution < 1.29 is 4.79 Å². The summed E-state index contributed by atoms with van der Waals surface area (Å²) in [5.74, 6) is 0.406. The van der Waals surface area contributed by atoms with Gasteiger partial charge in [-0.15, -0.1) is 0 Å². The van der Waals surface area contributed by atoms with Crippen molar-refractivity contribution in [3.05, 3.63) is 28.8 Å². The molecule has 0 bridgehead atoms. The van der Waals surface area contributed by atoms with Crippen molar-refractivity contribution in [2.75, 3.05) is 32.5 Å². The standard InChI is InChI=1S/C13H16ClN3O/c1-16-7-8-6-15-11-4-3-9(14)5-10(11)12(8)17(2)13(16)18/h3-5,8,12,15H,6-7H2,1-2H3. The van der Waals surface area contributed by atoms with E-state index in [0.717, 1.165) is 29.4 Å². The second kappa shape index (κ2) is 4.05. The lowest BCUT2D eigenvalue weighted by molar-refractivity contribution is 0.0890. The van der Waals surface area contributed by atoms with Crippen molar-refractivity contribution in [3.8, 4) is 0 Å². The van der Waals surface area contributed by atoms with E-state index in [1.165, 1.54) is 0 Å². The molecule has 4 nitrogen and oxygen atoms in total. The minimum absolute atomic E-state index is 0.0732. The van der Waals surface area contributed by atoms with E-state index in [4.69, 9.17) is 11.6 Å². The third kappa shape index (κ3) is 1.63. The second-order valence-corrected chi connectivity index (χ2v) is 5.53. The number of rotatable bonds is 0. The Morgan fingerprint density at radius 2 is 2.17 bits per heavy atom. The van der Waals surface area contributed by atoms with E-state index in [2.05, 4.69) is 5.32 Å². The zero-order chi connectivity index (χ0) is 12.9. The predicted molar refractivity (Wildman–Crippen MR) is 72.0 cm³/mol. The molecule has 0 aliphatic carbocycles. The van der Waals surface area contributed by atoms with Crippen molar-refractivity contribution in [1.82, 2.24) is 9.80 Å². The number of benzene rings is 1. The number of carbonyl (C=O) groups is 1. The lowest BCUT2D eigenvalue weighted by Gasteiger charge is -2.46. The number of halogens is 1. The summed E-state index contributed by atoms with van der Waals surface area (Å²) in [6, 6.07) is 6.04. The van der Waals surface area contributed by atoms with E-state index in [-0.39, 0.29) is 12.1 Å². The van der Waals surface area contributed by atoms with Crippen LogP contribution in [0.5, 0.6) is 0 Å². The first-order valence-corrected chi connectivity index (χ1v) is 6.47. The highest BCUT2D eigenvalue weighted by Gasteiger charge is 2.40. The SMILES string of the molecule is CN1CC2CNc3ccc(Cl)cc3C2N(C)C1=O. The Labute approximate surface area is 112 Å². The molecule has 3 rings (SSSR count). The van der Waals surface area contributed by atoms with Crippen LogP contribution in [0.15, 0.2) is 18.2 Å². The Balaban J connectivity index is 2.05. The fraction of sp³-hybridized carbons (Fsp3) is 0.462. The van der Waals surface area contributed by atoms with E-state index < -0.39 is 0 Å². The van der Waals surface area contributed by atoms with Gasteiger partial charge in [-0.3, -0.25) is 0 Å². The van der Waals surface area contributed by atoms with Gasteiger partial charge >= 0.3 is 6.03 Å². The van der Waals surface area contributed by atoms with E-state index in [1.54, 1.807) is 4.90 Å². The molecule has 1 N–H and O–H groups in total. The molecule has 2 atom stereocenters. The molecule has 5 heteroatoms. The van der Waals surface area contributed by atoms with Crippen LogP contribution in [0.2, 0.25) is 5.02 Å². The third-order valence-electron chi connectivity index (χ3n) is 3.89. The monoisotopic (exact) mass is 265 g/mol. The maximum atomic E-state index is 12.1. The summed E-state index contributed by atoms with van der Waals surface area (Å²) in [6.45, 7) is 1.67. The van der Waals surface area contributed by atoms with Crippen LogP contribution in [-0.4, -0.2) is 43.0 Å². The molecule has 0 spiro atoms. The molecule has 96 valence electrons. The van der Waals surface area contributed by atoms with Crippen LogP contribution in [0, 0.1) is 5.92 Å². The summed E-state index contributed by atoms with van der Waals surface area (Å²) >= 11 is 6.08. The molecule has 1 aromatic carbocycles. The van der Waals surface area contributed by atoms with E-state index in [1.807, 2.05) is 37.2 Å². The minimum atomic E-state index is 0.0732.